The summed E-state index contributed by atoms with van der Waals surface area (Å²) in [5.41, 5.74) is 2.46. The maximum absolute atomic E-state index is 9.12. The van der Waals surface area contributed by atoms with Crippen molar-refractivity contribution in [3.63, 3.8) is 0 Å². The molecule has 0 aliphatic carbocycles. The molecule has 0 aliphatic heterocycles. The van der Waals surface area contributed by atoms with Gasteiger partial charge in [0.1, 0.15) is 11.8 Å². The van der Waals surface area contributed by atoms with Crippen LogP contribution in [0.2, 0.25) is 0 Å². The highest BCUT2D eigenvalue weighted by Gasteiger charge is 2.08. The number of fused-ring (bicyclic) bond motifs is 1. The van der Waals surface area contributed by atoms with Crippen LogP contribution in [0.5, 0.6) is 5.75 Å². The SMILES string of the molecule is CCOc1ccc2nc(Sc3ccccc3C#N)[nH]c2c1. The van der Waals surface area contributed by atoms with Crippen molar-refractivity contribution in [2.75, 3.05) is 6.61 Å². The number of H-pyrrole nitrogens is 1. The lowest BCUT2D eigenvalue weighted by atomic mass is 10.2. The van der Waals surface area contributed by atoms with Crippen LogP contribution in [0.3, 0.4) is 0 Å². The molecule has 0 amide bonds. The molecule has 4 nitrogen and oxygen atoms in total. The standard InChI is InChI=1S/C16H13N3OS/c1-2-20-12-7-8-13-14(9-12)19-16(18-13)21-15-6-4-3-5-11(15)10-17/h3-9H,2H2,1H3,(H,18,19). The highest BCUT2D eigenvalue weighted by molar-refractivity contribution is 7.99. The number of imidazole rings is 1. The van der Waals surface area contributed by atoms with Crippen molar-refractivity contribution in [2.24, 2.45) is 0 Å². The van der Waals surface area contributed by atoms with E-state index in [1.165, 1.54) is 11.8 Å². The fourth-order valence-electron chi connectivity index (χ4n) is 2.02. The smallest absolute Gasteiger partial charge is 0.171 e. The van der Waals surface area contributed by atoms with E-state index in [4.69, 9.17) is 10.00 Å². The normalized spacial score (nSPS) is 10.5. The topological polar surface area (TPSA) is 61.7 Å². The van der Waals surface area contributed by atoms with E-state index in [-0.39, 0.29) is 0 Å². The minimum atomic E-state index is 0.636. The van der Waals surface area contributed by atoms with Gasteiger partial charge in [-0.25, -0.2) is 4.98 Å². The summed E-state index contributed by atoms with van der Waals surface area (Å²) < 4.78 is 5.48. The summed E-state index contributed by atoms with van der Waals surface area (Å²) in [5, 5.41) is 9.89. The minimum absolute atomic E-state index is 0.636. The fourth-order valence-corrected chi connectivity index (χ4v) is 2.91. The highest BCUT2D eigenvalue weighted by Crippen LogP contribution is 2.30. The van der Waals surface area contributed by atoms with E-state index in [2.05, 4.69) is 16.0 Å². The molecule has 0 unspecified atom stereocenters. The van der Waals surface area contributed by atoms with Crippen LogP contribution in [0.1, 0.15) is 12.5 Å². The quantitative estimate of drug-likeness (QED) is 0.790. The predicted octanol–water partition coefficient (Wildman–Crippen LogP) is 3.98. The van der Waals surface area contributed by atoms with Gasteiger partial charge in [-0.15, -0.1) is 0 Å². The van der Waals surface area contributed by atoms with Crippen molar-refractivity contribution in [3.05, 3.63) is 48.0 Å². The summed E-state index contributed by atoms with van der Waals surface area (Å²) >= 11 is 1.45. The number of nitrogens with zero attached hydrogens (tertiary/aromatic N) is 2. The van der Waals surface area contributed by atoms with E-state index in [1.807, 2.05) is 43.3 Å². The average molecular weight is 295 g/mol. The largest absolute Gasteiger partial charge is 0.494 e. The first-order valence-corrected chi connectivity index (χ1v) is 7.41. The maximum atomic E-state index is 9.12. The number of aromatic nitrogens is 2. The molecule has 0 saturated heterocycles. The molecule has 0 bridgehead atoms. The van der Waals surface area contributed by atoms with Crippen molar-refractivity contribution in [1.29, 1.82) is 5.26 Å². The Hall–Kier alpha value is -2.45. The Kier molecular flexibility index (Phi) is 3.80. The van der Waals surface area contributed by atoms with Crippen molar-refractivity contribution in [2.45, 2.75) is 17.0 Å². The third-order valence-electron chi connectivity index (χ3n) is 2.96. The third-order valence-corrected chi connectivity index (χ3v) is 3.92. The van der Waals surface area contributed by atoms with Gasteiger partial charge in [0, 0.05) is 11.0 Å². The van der Waals surface area contributed by atoms with Gasteiger partial charge in [0.25, 0.3) is 0 Å². The van der Waals surface area contributed by atoms with Gasteiger partial charge in [0.15, 0.2) is 5.16 Å². The van der Waals surface area contributed by atoms with Crippen molar-refractivity contribution >= 4 is 22.8 Å². The van der Waals surface area contributed by atoms with Crippen LogP contribution < -0.4 is 4.74 Å². The Morgan fingerprint density at radius 3 is 2.95 bits per heavy atom. The molecule has 3 rings (SSSR count). The second kappa shape index (κ2) is 5.90. The van der Waals surface area contributed by atoms with Crippen LogP contribution in [0.4, 0.5) is 0 Å². The van der Waals surface area contributed by atoms with Gasteiger partial charge in [0.2, 0.25) is 0 Å². The van der Waals surface area contributed by atoms with Gasteiger partial charge in [-0.1, -0.05) is 23.9 Å². The molecule has 1 heterocycles. The first-order chi connectivity index (χ1) is 10.3. The zero-order valence-corrected chi connectivity index (χ0v) is 12.3. The van der Waals surface area contributed by atoms with Gasteiger partial charge < -0.3 is 9.72 Å². The summed E-state index contributed by atoms with van der Waals surface area (Å²) in [5.74, 6) is 0.822. The van der Waals surface area contributed by atoms with E-state index in [0.29, 0.717) is 12.2 Å². The van der Waals surface area contributed by atoms with Gasteiger partial charge in [-0.3, -0.25) is 0 Å². The lowest BCUT2D eigenvalue weighted by molar-refractivity contribution is 0.340. The average Bonchev–Trinajstić information content (AvgIpc) is 2.89. The van der Waals surface area contributed by atoms with Gasteiger partial charge in [-0.05, 0) is 31.2 Å². The summed E-state index contributed by atoms with van der Waals surface area (Å²) in [6.07, 6.45) is 0. The molecule has 1 N–H and O–H groups in total. The third kappa shape index (κ3) is 2.86. The van der Waals surface area contributed by atoms with E-state index in [9.17, 15) is 0 Å². The molecular weight excluding hydrogens is 282 g/mol. The Bertz CT molecular complexity index is 820. The highest BCUT2D eigenvalue weighted by atomic mass is 32.2. The second-order valence-corrected chi connectivity index (χ2v) is 5.39. The first kappa shape index (κ1) is 13.5. The number of nitrogens with one attached hydrogen (secondary N) is 1. The Labute approximate surface area is 126 Å². The van der Waals surface area contributed by atoms with Crippen molar-refractivity contribution in [1.82, 2.24) is 9.97 Å². The first-order valence-electron chi connectivity index (χ1n) is 6.59. The monoisotopic (exact) mass is 295 g/mol. The molecule has 0 radical (unpaired) electrons. The second-order valence-electron chi connectivity index (χ2n) is 4.36. The molecule has 3 aromatic rings. The van der Waals surface area contributed by atoms with E-state index in [0.717, 1.165) is 26.8 Å². The molecule has 0 spiro atoms. The molecule has 2 aromatic carbocycles. The number of nitriles is 1. The van der Waals surface area contributed by atoms with Crippen LogP contribution >= 0.6 is 11.8 Å². The zero-order valence-electron chi connectivity index (χ0n) is 11.5. The van der Waals surface area contributed by atoms with Crippen LogP contribution in [0.15, 0.2) is 52.5 Å². The number of rotatable bonds is 4. The summed E-state index contributed by atoms with van der Waals surface area (Å²) in [4.78, 5) is 8.68. The maximum Gasteiger partial charge on any atom is 0.171 e. The van der Waals surface area contributed by atoms with Gasteiger partial charge in [-0.2, -0.15) is 5.26 Å². The molecular formula is C16H13N3OS. The summed E-state index contributed by atoms with van der Waals surface area (Å²) in [6, 6.07) is 15.5. The lowest BCUT2D eigenvalue weighted by Crippen LogP contribution is -1.90. The van der Waals surface area contributed by atoms with Crippen molar-refractivity contribution < 1.29 is 4.74 Å². The number of hydrogen-bond acceptors (Lipinski definition) is 4. The molecule has 0 saturated carbocycles. The predicted molar refractivity (Wildman–Crippen MR) is 82.5 cm³/mol. The minimum Gasteiger partial charge on any atom is -0.494 e. The van der Waals surface area contributed by atoms with E-state index < -0.39 is 0 Å². The molecule has 104 valence electrons. The van der Waals surface area contributed by atoms with Gasteiger partial charge in [0.05, 0.1) is 23.2 Å². The molecule has 1 aromatic heterocycles. The molecule has 21 heavy (non-hydrogen) atoms. The van der Waals surface area contributed by atoms with Crippen LogP contribution in [0.25, 0.3) is 11.0 Å². The molecule has 0 atom stereocenters. The fraction of sp³-hybridized carbons (Fsp3) is 0.125. The van der Waals surface area contributed by atoms with Crippen molar-refractivity contribution in [3.8, 4) is 11.8 Å². The number of hydrogen-bond donors (Lipinski definition) is 1. The number of benzene rings is 2. The molecule has 5 heteroatoms. The Balaban J connectivity index is 1.93. The van der Waals surface area contributed by atoms with Gasteiger partial charge >= 0.3 is 0 Å². The number of ether oxygens (including phenoxy) is 1. The van der Waals surface area contributed by atoms with Crippen LogP contribution in [-0.4, -0.2) is 16.6 Å². The Morgan fingerprint density at radius 2 is 2.14 bits per heavy atom. The van der Waals surface area contributed by atoms with Crippen LogP contribution in [0, 0.1) is 11.3 Å². The zero-order chi connectivity index (χ0) is 14.7. The van der Waals surface area contributed by atoms with Crippen LogP contribution in [-0.2, 0) is 0 Å². The summed E-state index contributed by atoms with van der Waals surface area (Å²) in [7, 11) is 0. The number of aromatic amines is 1. The Morgan fingerprint density at radius 1 is 1.29 bits per heavy atom. The van der Waals surface area contributed by atoms with E-state index in [1.54, 1.807) is 6.07 Å². The molecule has 0 fully saturated rings. The molecule has 0 aliphatic rings. The lowest BCUT2D eigenvalue weighted by Gasteiger charge is -2.01. The summed E-state index contributed by atoms with van der Waals surface area (Å²) in [6.45, 7) is 2.59. The van der Waals surface area contributed by atoms with E-state index >= 15 is 0 Å².